The lowest BCUT2D eigenvalue weighted by Crippen LogP contribution is -2.42. The smallest absolute Gasteiger partial charge is 0.388 e. The van der Waals surface area contributed by atoms with Gasteiger partial charge in [-0.3, -0.25) is 0 Å². The number of aryl methyl sites for hydroxylation is 1. The second-order valence-electron chi connectivity index (χ2n) is 6.85. The minimum atomic E-state index is -4.68. The van der Waals surface area contributed by atoms with Crippen molar-refractivity contribution in [3.05, 3.63) is 23.8 Å². The van der Waals surface area contributed by atoms with Crippen LogP contribution < -0.4 is 5.32 Å². The van der Waals surface area contributed by atoms with Crippen LogP contribution in [0.2, 0.25) is 0 Å². The van der Waals surface area contributed by atoms with Gasteiger partial charge < -0.3 is 15.0 Å². The number of nitrogens with zero attached hydrogens (tertiary/aromatic N) is 5. The van der Waals surface area contributed by atoms with Crippen molar-refractivity contribution >= 4 is 16.0 Å². The van der Waals surface area contributed by atoms with Crippen molar-refractivity contribution in [3.63, 3.8) is 0 Å². The van der Waals surface area contributed by atoms with E-state index in [1.807, 2.05) is 0 Å². The third-order valence-electron chi connectivity index (χ3n) is 4.71. The SMILES string of the molecule is Cn1cc(-c2nc(NC3CCN(S(C)(=O)=O)CC3)ncc2C(F)(F)F)nc1CO. The molecular weight excluding hydrogens is 413 g/mol. The average Bonchev–Trinajstić information content (AvgIpc) is 3.01. The highest BCUT2D eigenvalue weighted by molar-refractivity contribution is 7.88. The lowest BCUT2D eigenvalue weighted by atomic mass is 10.1. The van der Waals surface area contributed by atoms with E-state index in [9.17, 15) is 26.7 Å². The van der Waals surface area contributed by atoms with Crippen LogP contribution >= 0.6 is 0 Å². The molecule has 0 spiro atoms. The molecule has 0 atom stereocenters. The number of aliphatic hydroxyl groups is 1. The summed E-state index contributed by atoms with van der Waals surface area (Å²) in [5.41, 5.74) is -1.45. The molecule has 9 nitrogen and oxygen atoms in total. The quantitative estimate of drug-likeness (QED) is 0.728. The molecule has 1 aliphatic rings. The van der Waals surface area contributed by atoms with Crippen LogP contribution in [0.3, 0.4) is 0 Å². The minimum Gasteiger partial charge on any atom is -0.388 e. The molecule has 160 valence electrons. The van der Waals surface area contributed by atoms with E-state index in [1.165, 1.54) is 15.1 Å². The van der Waals surface area contributed by atoms with Gasteiger partial charge in [0.25, 0.3) is 0 Å². The number of alkyl halides is 3. The molecule has 0 radical (unpaired) electrons. The van der Waals surface area contributed by atoms with Crippen molar-refractivity contribution in [1.82, 2.24) is 23.8 Å². The fourth-order valence-corrected chi connectivity index (χ4v) is 4.01. The van der Waals surface area contributed by atoms with E-state index in [2.05, 4.69) is 20.3 Å². The summed E-state index contributed by atoms with van der Waals surface area (Å²) < 4.78 is 66.2. The zero-order chi connectivity index (χ0) is 21.4. The molecular formula is C16H21F3N6O3S. The molecule has 1 saturated heterocycles. The third kappa shape index (κ3) is 4.85. The number of hydrogen-bond acceptors (Lipinski definition) is 7. The molecule has 2 aromatic rings. The number of imidazole rings is 1. The predicted octanol–water partition coefficient (Wildman–Crippen LogP) is 1.22. The highest BCUT2D eigenvalue weighted by Gasteiger charge is 2.36. The van der Waals surface area contributed by atoms with Gasteiger partial charge in [-0.05, 0) is 12.8 Å². The normalized spacial score (nSPS) is 16.9. The Bertz CT molecular complexity index is 984. The second-order valence-corrected chi connectivity index (χ2v) is 8.83. The van der Waals surface area contributed by atoms with Gasteiger partial charge in [0.15, 0.2) is 0 Å². The summed E-state index contributed by atoms with van der Waals surface area (Å²) in [7, 11) is -1.71. The predicted molar refractivity (Wildman–Crippen MR) is 98.2 cm³/mol. The summed E-state index contributed by atoms with van der Waals surface area (Å²) >= 11 is 0. The summed E-state index contributed by atoms with van der Waals surface area (Å²) in [5, 5.41) is 12.2. The Balaban J connectivity index is 1.86. The summed E-state index contributed by atoms with van der Waals surface area (Å²) in [5.74, 6) is 0.205. The first-order valence-electron chi connectivity index (χ1n) is 8.78. The molecule has 3 rings (SSSR count). The van der Waals surface area contributed by atoms with E-state index < -0.39 is 28.4 Å². The largest absolute Gasteiger partial charge is 0.420 e. The van der Waals surface area contributed by atoms with Gasteiger partial charge in [0, 0.05) is 38.6 Å². The van der Waals surface area contributed by atoms with Crippen LogP contribution in [0.15, 0.2) is 12.4 Å². The number of aliphatic hydroxyl groups excluding tert-OH is 1. The highest BCUT2D eigenvalue weighted by Crippen LogP contribution is 2.35. The van der Waals surface area contributed by atoms with Gasteiger partial charge in [-0.15, -0.1) is 0 Å². The third-order valence-corrected chi connectivity index (χ3v) is 6.01. The van der Waals surface area contributed by atoms with Crippen molar-refractivity contribution < 1.29 is 26.7 Å². The standard InChI is InChI=1S/C16H21F3N6O3S/c1-24-8-12(22-13(24)9-26)14-11(16(17,18)19)7-20-15(23-14)21-10-3-5-25(6-4-10)29(2,27)28/h7-8,10,26H,3-6,9H2,1-2H3,(H,20,21,23). The Labute approximate surface area is 165 Å². The monoisotopic (exact) mass is 434 g/mol. The zero-order valence-electron chi connectivity index (χ0n) is 15.8. The minimum absolute atomic E-state index is 0.00186. The number of piperidine rings is 1. The number of aromatic nitrogens is 4. The first kappa shape index (κ1) is 21.5. The zero-order valence-corrected chi connectivity index (χ0v) is 16.6. The summed E-state index contributed by atoms with van der Waals surface area (Å²) in [6.45, 7) is 0.196. The van der Waals surface area contributed by atoms with E-state index in [0.717, 1.165) is 6.26 Å². The van der Waals surface area contributed by atoms with Crippen LogP contribution in [0.5, 0.6) is 0 Å². The summed E-state index contributed by atoms with van der Waals surface area (Å²) in [6.07, 6.45) is -0.526. The lowest BCUT2D eigenvalue weighted by Gasteiger charge is -2.30. The van der Waals surface area contributed by atoms with E-state index in [-0.39, 0.29) is 29.2 Å². The first-order valence-corrected chi connectivity index (χ1v) is 10.6. The fraction of sp³-hybridized carbons (Fsp3) is 0.562. The lowest BCUT2D eigenvalue weighted by molar-refractivity contribution is -0.137. The van der Waals surface area contributed by atoms with Crippen LogP contribution in [0, 0.1) is 0 Å². The van der Waals surface area contributed by atoms with Gasteiger partial charge in [0.2, 0.25) is 16.0 Å². The fourth-order valence-electron chi connectivity index (χ4n) is 3.13. The van der Waals surface area contributed by atoms with Crippen LogP contribution in [0.1, 0.15) is 24.2 Å². The van der Waals surface area contributed by atoms with Crippen LogP contribution in [-0.4, -0.2) is 62.7 Å². The molecule has 1 aliphatic heterocycles. The number of rotatable bonds is 5. The maximum absolute atomic E-state index is 13.4. The molecule has 0 aromatic carbocycles. The van der Waals surface area contributed by atoms with E-state index in [0.29, 0.717) is 32.1 Å². The Kier molecular flexibility index (Phi) is 5.83. The maximum Gasteiger partial charge on any atom is 0.420 e. The Morgan fingerprint density at radius 3 is 2.45 bits per heavy atom. The van der Waals surface area contributed by atoms with E-state index >= 15 is 0 Å². The Morgan fingerprint density at radius 1 is 1.28 bits per heavy atom. The van der Waals surface area contributed by atoms with Gasteiger partial charge in [-0.25, -0.2) is 27.7 Å². The van der Waals surface area contributed by atoms with E-state index in [1.54, 1.807) is 7.05 Å². The van der Waals surface area contributed by atoms with E-state index in [4.69, 9.17) is 0 Å². The second kappa shape index (κ2) is 7.88. The molecule has 0 unspecified atom stereocenters. The molecule has 3 heterocycles. The van der Waals surface area contributed by atoms with Crippen molar-refractivity contribution in [3.8, 4) is 11.4 Å². The average molecular weight is 434 g/mol. The van der Waals surface area contributed by atoms with Crippen molar-refractivity contribution in [2.45, 2.75) is 31.7 Å². The molecule has 0 bridgehead atoms. The van der Waals surface area contributed by atoms with Gasteiger partial charge in [0.05, 0.1) is 6.26 Å². The van der Waals surface area contributed by atoms with Gasteiger partial charge in [-0.2, -0.15) is 13.2 Å². The number of hydrogen-bond donors (Lipinski definition) is 2. The topological polar surface area (TPSA) is 113 Å². The number of nitrogens with one attached hydrogen (secondary N) is 1. The summed E-state index contributed by atoms with van der Waals surface area (Å²) in [6, 6.07) is -0.172. The number of sulfonamides is 1. The van der Waals surface area contributed by atoms with Crippen molar-refractivity contribution in [1.29, 1.82) is 0 Å². The molecule has 0 amide bonds. The van der Waals surface area contributed by atoms with Crippen molar-refractivity contribution in [2.75, 3.05) is 24.7 Å². The molecule has 2 aromatic heterocycles. The van der Waals surface area contributed by atoms with Gasteiger partial charge in [0.1, 0.15) is 29.4 Å². The molecule has 0 aliphatic carbocycles. The number of anilines is 1. The molecule has 0 saturated carbocycles. The van der Waals surface area contributed by atoms with Crippen molar-refractivity contribution in [2.24, 2.45) is 7.05 Å². The molecule has 1 fully saturated rings. The van der Waals surface area contributed by atoms with Crippen LogP contribution in [0.4, 0.5) is 19.1 Å². The van der Waals surface area contributed by atoms with Crippen LogP contribution in [-0.2, 0) is 29.9 Å². The van der Waals surface area contributed by atoms with Gasteiger partial charge >= 0.3 is 6.18 Å². The van der Waals surface area contributed by atoms with Crippen LogP contribution in [0.25, 0.3) is 11.4 Å². The Hall–Kier alpha value is -2.25. The summed E-state index contributed by atoms with van der Waals surface area (Å²) in [4.78, 5) is 11.8. The highest BCUT2D eigenvalue weighted by atomic mass is 32.2. The maximum atomic E-state index is 13.4. The van der Waals surface area contributed by atoms with Gasteiger partial charge in [-0.1, -0.05) is 0 Å². The first-order chi connectivity index (χ1) is 13.5. The Morgan fingerprint density at radius 2 is 1.93 bits per heavy atom. The molecule has 13 heteroatoms. The molecule has 2 N–H and O–H groups in total. The number of halogens is 3. The molecule has 29 heavy (non-hydrogen) atoms.